The quantitative estimate of drug-likeness (QED) is 0.763. The third kappa shape index (κ3) is 4.64. The Morgan fingerprint density at radius 1 is 1.53 bits per heavy atom. The molecule has 1 amide bonds. The molecule has 0 bridgehead atoms. The van der Waals surface area contributed by atoms with Gasteiger partial charge in [0.1, 0.15) is 0 Å². The van der Waals surface area contributed by atoms with Crippen molar-refractivity contribution in [2.24, 2.45) is 17.6 Å². The number of hydrogen-bond acceptors (Lipinski definition) is 3. The number of amides is 1. The Morgan fingerprint density at radius 3 is 2.88 bits per heavy atom. The highest BCUT2D eigenvalue weighted by Crippen LogP contribution is 2.29. The molecule has 1 aliphatic carbocycles. The second-order valence-electron chi connectivity index (χ2n) is 5.35. The molecule has 4 nitrogen and oxygen atoms in total. The van der Waals surface area contributed by atoms with Crippen LogP contribution in [0.3, 0.4) is 0 Å². The van der Waals surface area contributed by atoms with Gasteiger partial charge in [-0.1, -0.05) is 6.92 Å². The van der Waals surface area contributed by atoms with Crippen molar-refractivity contribution in [3.05, 3.63) is 0 Å². The first-order valence-corrected chi connectivity index (χ1v) is 6.59. The number of rotatable bonds is 5. The molecule has 4 atom stereocenters. The molecule has 0 aromatic carbocycles. The average Bonchev–Trinajstić information content (AvgIpc) is 2.29. The predicted molar refractivity (Wildman–Crippen MR) is 68.6 cm³/mol. The zero-order valence-corrected chi connectivity index (χ0v) is 11.2. The third-order valence-corrected chi connectivity index (χ3v) is 3.72. The van der Waals surface area contributed by atoms with Crippen LogP contribution in [0.5, 0.6) is 0 Å². The van der Waals surface area contributed by atoms with Crippen molar-refractivity contribution >= 4 is 5.91 Å². The maximum Gasteiger partial charge on any atom is 0.223 e. The van der Waals surface area contributed by atoms with Gasteiger partial charge in [-0.3, -0.25) is 4.79 Å². The van der Waals surface area contributed by atoms with E-state index < -0.39 is 0 Å². The molecule has 0 aromatic rings. The molecule has 1 fully saturated rings. The molecule has 17 heavy (non-hydrogen) atoms. The minimum Gasteiger partial charge on any atom is -0.385 e. The summed E-state index contributed by atoms with van der Waals surface area (Å²) in [6.45, 7) is 4.85. The largest absolute Gasteiger partial charge is 0.385 e. The lowest BCUT2D eigenvalue weighted by molar-refractivity contribution is -0.128. The molecule has 4 heteroatoms. The summed E-state index contributed by atoms with van der Waals surface area (Å²) in [4.78, 5) is 12.1. The van der Waals surface area contributed by atoms with Gasteiger partial charge in [-0.05, 0) is 38.5 Å². The van der Waals surface area contributed by atoms with E-state index in [0.29, 0.717) is 12.5 Å². The van der Waals surface area contributed by atoms with E-state index in [1.165, 1.54) is 0 Å². The fraction of sp³-hybridized carbons (Fsp3) is 0.923. The highest BCUT2D eigenvalue weighted by Gasteiger charge is 2.31. The normalized spacial score (nSPS) is 30.9. The van der Waals surface area contributed by atoms with E-state index in [0.717, 1.165) is 25.7 Å². The molecule has 0 aromatic heterocycles. The van der Waals surface area contributed by atoms with Gasteiger partial charge in [-0.15, -0.1) is 0 Å². The lowest BCUT2D eigenvalue weighted by Crippen LogP contribution is -2.44. The molecule has 0 aliphatic heterocycles. The Bertz CT molecular complexity index is 246. The summed E-state index contributed by atoms with van der Waals surface area (Å²) in [6.07, 6.45) is 3.79. The molecular weight excluding hydrogens is 216 g/mol. The van der Waals surface area contributed by atoms with Crippen LogP contribution in [-0.2, 0) is 9.53 Å². The number of carbonyl (C=O) groups is 1. The fourth-order valence-corrected chi connectivity index (χ4v) is 2.44. The first-order valence-electron chi connectivity index (χ1n) is 6.59. The highest BCUT2D eigenvalue weighted by molar-refractivity contribution is 5.79. The fourth-order valence-electron chi connectivity index (χ4n) is 2.44. The van der Waals surface area contributed by atoms with Gasteiger partial charge in [0.15, 0.2) is 0 Å². The van der Waals surface area contributed by atoms with Gasteiger partial charge in [0.05, 0.1) is 0 Å². The van der Waals surface area contributed by atoms with Crippen molar-refractivity contribution in [1.82, 2.24) is 5.32 Å². The molecule has 0 heterocycles. The van der Waals surface area contributed by atoms with Gasteiger partial charge < -0.3 is 15.8 Å². The van der Waals surface area contributed by atoms with Crippen molar-refractivity contribution in [1.29, 1.82) is 0 Å². The lowest BCUT2D eigenvalue weighted by Gasteiger charge is -2.32. The van der Waals surface area contributed by atoms with E-state index in [9.17, 15) is 4.79 Å². The third-order valence-electron chi connectivity index (χ3n) is 3.72. The summed E-state index contributed by atoms with van der Waals surface area (Å²) in [5, 5.41) is 3.06. The molecule has 3 N–H and O–H groups in total. The Balaban J connectivity index is 2.39. The van der Waals surface area contributed by atoms with Crippen molar-refractivity contribution in [3.8, 4) is 0 Å². The van der Waals surface area contributed by atoms with Crippen LogP contribution in [0, 0.1) is 11.8 Å². The van der Waals surface area contributed by atoms with Gasteiger partial charge in [-0.25, -0.2) is 0 Å². The van der Waals surface area contributed by atoms with Crippen LogP contribution >= 0.6 is 0 Å². The number of carbonyl (C=O) groups excluding carboxylic acids is 1. The average molecular weight is 242 g/mol. The maximum absolute atomic E-state index is 12.1. The second-order valence-corrected chi connectivity index (χ2v) is 5.35. The highest BCUT2D eigenvalue weighted by atomic mass is 16.5. The minimum absolute atomic E-state index is 0.0868. The van der Waals surface area contributed by atoms with Crippen LogP contribution in [0.4, 0.5) is 0 Å². The molecule has 4 unspecified atom stereocenters. The summed E-state index contributed by atoms with van der Waals surface area (Å²) in [6, 6.07) is 0.365. The lowest BCUT2D eigenvalue weighted by atomic mass is 9.77. The van der Waals surface area contributed by atoms with E-state index in [-0.39, 0.29) is 23.9 Å². The number of nitrogens with one attached hydrogen (secondary N) is 1. The zero-order valence-electron chi connectivity index (χ0n) is 11.2. The van der Waals surface area contributed by atoms with Crippen LogP contribution in [0.25, 0.3) is 0 Å². The van der Waals surface area contributed by atoms with Crippen LogP contribution in [0.15, 0.2) is 0 Å². The van der Waals surface area contributed by atoms with Gasteiger partial charge in [0, 0.05) is 31.7 Å². The van der Waals surface area contributed by atoms with Crippen molar-refractivity contribution in [2.75, 3.05) is 13.7 Å². The second kappa shape index (κ2) is 6.97. The van der Waals surface area contributed by atoms with Crippen molar-refractivity contribution in [3.63, 3.8) is 0 Å². The van der Waals surface area contributed by atoms with Crippen molar-refractivity contribution in [2.45, 2.75) is 51.6 Å². The number of nitrogens with two attached hydrogens (primary N) is 1. The Labute approximate surface area is 104 Å². The smallest absolute Gasteiger partial charge is 0.223 e. The first kappa shape index (κ1) is 14.5. The summed E-state index contributed by atoms with van der Waals surface area (Å²) >= 11 is 0. The topological polar surface area (TPSA) is 64.3 Å². The van der Waals surface area contributed by atoms with E-state index in [1.54, 1.807) is 7.11 Å². The van der Waals surface area contributed by atoms with Gasteiger partial charge in [-0.2, -0.15) is 0 Å². The van der Waals surface area contributed by atoms with Crippen LogP contribution in [0.2, 0.25) is 0 Å². The summed E-state index contributed by atoms with van der Waals surface area (Å²) in [5.74, 6) is 0.699. The first-order chi connectivity index (χ1) is 8.04. The van der Waals surface area contributed by atoms with Crippen molar-refractivity contribution < 1.29 is 9.53 Å². The zero-order chi connectivity index (χ0) is 12.8. The van der Waals surface area contributed by atoms with E-state index >= 15 is 0 Å². The number of ether oxygens (including phenoxy) is 1. The van der Waals surface area contributed by atoms with Gasteiger partial charge >= 0.3 is 0 Å². The molecule has 0 radical (unpaired) electrons. The van der Waals surface area contributed by atoms with E-state index in [1.807, 2.05) is 6.92 Å². The standard InChI is InChI=1S/C13H26N2O2/c1-9-4-5-11(14)8-12(9)13(16)15-10(2)6-7-17-3/h9-12H,4-8,14H2,1-3H3,(H,15,16). The maximum atomic E-state index is 12.1. The number of hydrogen-bond donors (Lipinski definition) is 2. The molecule has 0 saturated heterocycles. The molecule has 1 saturated carbocycles. The SMILES string of the molecule is COCCC(C)NC(=O)C1CC(N)CCC1C. The van der Waals surface area contributed by atoms with Gasteiger partial charge in [0.2, 0.25) is 5.91 Å². The molecule has 1 rings (SSSR count). The Morgan fingerprint density at radius 2 is 2.24 bits per heavy atom. The molecule has 0 spiro atoms. The molecular formula is C13H26N2O2. The summed E-state index contributed by atoms with van der Waals surface area (Å²) in [7, 11) is 1.68. The summed E-state index contributed by atoms with van der Waals surface area (Å²) in [5.41, 5.74) is 5.94. The Hall–Kier alpha value is -0.610. The van der Waals surface area contributed by atoms with E-state index in [2.05, 4.69) is 12.2 Å². The van der Waals surface area contributed by atoms with Crippen LogP contribution < -0.4 is 11.1 Å². The van der Waals surface area contributed by atoms with Gasteiger partial charge in [0.25, 0.3) is 0 Å². The molecule has 100 valence electrons. The number of methoxy groups -OCH3 is 1. The van der Waals surface area contributed by atoms with E-state index in [4.69, 9.17) is 10.5 Å². The summed E-state index contributed by atoms with van der Waals surface area (Å²) < 4.78 is 5.01. The Kier molecular flexibility index (Phi) is 5.92. The van der Waals surface area contributed by atoms with Crippen LogP contribution in [-0.4, -0.2) is 31.7 Å². The van der Waals surface area contributed by atoms with Crippen LogP contribution in [0.1, 0.15) is 39.5 Å². The molecule has 1 aliphatic rings. The minimum atomic E-state index is 0.0868. The predicted octanol–water partition coefficient (Wildman–Crippen LogP) is 1.29. The monoisotopic (exact) mass is 242 g/mol.